The molecule has 4 aromatic rings. The third kappa shape index (κ3) is 2.92. The van der Waals surface area contributed by atoms with Gasteiger partial charge in [0, 0.05) is 23.6 Å². The van der Waals surface area contributed by atoms with E-state index in [9.17, 15) is 0 Å². The van der Waals surface area contributed by atoms with Crippen LogP contribution in [0.15, 0.2) is 67.1 Å². The van der Waals surface area contributed by atoms with Gasteiger partial charge in [0.1, 0.15) is 5.75 Å². The van der Waals surface area contributed by atoms with Gasteiger partial charge in [-0.1, -0.05) is 29.8 Å². The van der Waals surface area contributed by atoms with Crippen LogP contribution in [0.25, 0.3) is 16.9 Å². The van der Waals surface area contributed by atoms with E-state index in [0.29, 0.717) is 0 Å². The minimum Gasteiger partial charge on any atom is -0.497 e. The van der Waals surface area contributed by atoms with Gasteiger partial charge in [-0.3, -0.25) is 4.40 Å². The Labute approximate surface area is 145 Å². The molecule has 0 spiro atoms. The molecule has 0 amide bonds. The van der Waals surface area contributed by atoms with E-state index >= 15 is 0 Å². The number of rotatable bonds is 4. The number of nitrogens with zero attached hydrogens (tertiary/aromatic N) is 3. The zero-order valence-electron chi connectivity index (χ0n) is 14.1. The Balaban J connectivity index is 1.77. The Morgan fingerprint density at radius 1 is 1.04 bits per heavy atom. The topological polar surface area (TPSA) is 51.5 Å². The molecule has 0 fully saturated rings. The first-order chi connectivity index (χ1) is 12.2. The number of ether oxygens (including phenoxy) is 1. The maximum Gasteiger partial charge on any atom is 0.180 e. The molecule has 124 valence electrons. The van der Waals surface area contributed by atoms with Gasteiger partial charge in [-0.05, 0) is 31.2 Å². The molecule has 0 aliphatic carbocycles. The van der Waals surface area contributed by atoms with Crippen LogP contribution in [0.5, 0.6) is 5.75 Å². The van der Waals surface area contributed by atoms with Gasteiger partial charge in [0.05, 0.1) is 19.0 Å². The van der Waals surface area contributed by atoms with Crippen molar-refractivity contribution in [2.45, 2.75) is 6.92 Å². The molecular weight excluding hydrogens is 312 g/mol. The summed E-state index contributed by atoms with van der Waals surface area (Å²) in [4.78, 5) is 9.06. The van der Waals surface area contributed by atoms with E-state index in [1.54, 1.807) is 13.3 Å². The van der Waals surface area contributed by atoms with Crippen molar-refractivity contribution in [1.29, 1.82) is 0 Å². The number of hydrogen-bond donors (Lipinski definition) is 1. The van der Waals surface area contributed by atoms with Crippen LogP contribution in [-0.4, -0.2) is 21.5 Å². The van der Waals surface area contributed by atoms with E-state index in [4.69, 9.17) is 4.74 Å². The fourth-order valence-electron chi connectivity index (χ4n) is 2.78. The van der Waals surface area contributed by atoms with Crippen LogP contribution < -0.4 is 10.1 Å². The molecule has 0 aliphatic rings. The summed E-state index contributed by atoms with van der Waals surface area (Å²) in [6.45, 7) is 2.07. The number of imidazole rings is 1. The summed E-state index contributed by atoms with van der Waals surface area (Å²) in [5.41, 5.74) is 4.97. The quantitative estimate of drug-likeness (QED) is 0.600. The van der Waals surface area contributed by atoms with Crippen LogP contribution in [-0.2, 0) is 0 Å². The minimum atomic E-state index is 0.723. The summed E-state index contributed by atoms with van der Waals surface area (Å²) in [5.74, 6) is 1.54. The van der Waals surface area contributed by atoms with Gasteiger partial charge in [0.15, 0.2) is 11.5 Å². The minimum absolute atomic E-state index is 0.723. The van der Waals surface area contributed by atoms with Crippen molar-refractivity contribution >= 4 is 17.2 Å². The Hall–Kier alpha value is -3.34. The van der Waals surface area contributed by atoms with Crippen molar-refractivity contribution in [2.24, 2.45) is 0 Å². The summed E-state index contributed by atoms with van der Waals surface area (Å²) in [5, 5.41) is 3.34. The van der Waals surface area contributed by atoms with Gasteiger partial charge in [-0.25, -0.2) is 9.97 Å². The predicted octanol–water partition coefficient (Wildman–Crippen LogP) is 4.46. The Kier molecular flexibility index (Phi) is 3.82. The van der Waals surface area contributed by atoms with Crippen molar-refractivity contribution in [2.75, 3.05) is 12.4 Å². The van der Waals surface area contributed by atoms with E-state index in [-0.39, 0.29) is 0 Å². The van der Waals surface area contributed by atoms with Crippen molar-refractivity contribution in [3.05, 3.63) is 72.7 Å². The average molecular weight is 330 g/mol. The number of fused-ring (bicyclic) bond motifs is 1. The highest BCUT2D eigenvalue weighted by atomic mass is 16.5. The van der Waals surface area contributed by atoms with E-state index < -0.39 is 0 Å². The van der Waals surface area contributed by atoms with Crippen molar-refractivity contribution in [3.8, 4) is 17.0 Å². The van der Waals surface area contributed by atoms with Crippen LogP contribution in [0.3, 0.4) is 0 Å². The molecule has 2 heterocycles. The standard InChI is InChI=1S/C20H18N4O/c1-14-6-8-16(9-7-14)23-19-20-21-10-11-24(20)18(13-22-19)15-4-3-5-17(12-15)25-2/h3-13H,1-2H3,(H,22,23). The van der Waals surface area contributed by atoms with E-state index in [1.807, 2.05) is 53.2 Å². The number of hydrogen-bond acceptors (Lipinski definition) is 4. The molecule has 4 rings (SSSR count). The van der Waals surface area contributed by atoms with Gasteiger partial charge in [0.2, 0.25) is 0 Å². The molecule has 0 radical (unpaired) electrons. The van der Waals surface area contributed by atoms with E-state index in [1.165, 1.54) is 5.56 Å². The normalized spacial score (nSPS) is 10.8. The number of nitrogens with one attached hydrogen (secondary N) is 1. The van der Waals surface area contributed by atoms with Crippen molar-refractivity contribution < 1.29 is 4.74 Å². The van der Waals surface area contributed by atoms with Crippen LogP contribution in [0.4, 0.5) is 11.5 Å². The number of benzene rings is 2. The number of anilines is 2. The molecule has 5 heteroatoms. The molecule has 0 saturated heterocycles. The van der Waals surface area contributed by atoms with Crippen molar-refractivity contribution in [1.82, 2.24) is 14.4 Å². The predicted molar refractivity (Wildman–Crippen MR) is 99.4 cm³/mol. The third-order valence-corrected chi connectivity index (χ3v) is 4.11. The lowest BCUT2D eigenvalue weighted by atomic mass is 10.1. The molecule has 2 aromatic carbocycles. The van der Waals surface area contributed by atoms with E-state index in [0.717, 1.165) is 34.2 Å². The first-order valence-electron chi connectivity index (χ1n) is 8.05. The number of methoxy groups -OCH3 is 1. The van der Waals surface area contributed by atoms with Gasteiger partial charge in [-0.2, -0.15) is 0 Å². The molecule has 1 N–H and O–H groups in total. The second kappa shape index (κ2) is 6.28. The summed E-state index contributed by atoms with van der Waals surface area (Å²) < 4.78 is 7.35. The highest BCUT2D eigenvalue weighted by Gasteiger charge is 2.11. The molecular formula is C20H18N4O. The summed E-state index contributed by atoms with van der Waals surface area (Å²) in [6, 6.07) is 16.1. The summed E-state index contributed by atoms with van der Waals surface area (Å²) in [7, 11) is 1.67. The fraction of sp³-hybridized carbons (Fsp3) is 0.100. The molecule has 0 atom stereocenters. The molecule has 0 unspecified atom stereocenters. The van der Waals surface area contributed by atoms with Crippen molar-refractivity contribution in [3.63, 3.8) is 0 Å². The van der Waals surface area contributed by atoms with Crippen LogP contribution in [0.2, 0.25) is 0 Å². The summed E-state index contributed by atoms with van der Waals surface area (Å²) in [6.07, 6.45) is 5.56. The number of aromatic nitrogens is 3. The third-order valence-electron chi connectivity index (χ3n) is 4.11. The summed E-state index contributed by atoms with van der Waals surface area (Å²) >= 11 is 0. The molecule has 0 bridgehead atoms. The Morgan fingerprint density at radius 2 is 1.88 bits per heavy atom. The Morgan fingerprint density at radius 3 is 2.68 bits per heavy atom. The molecule has 0 saturated carbocycles. The zero-order chi connectivity index (χ0) is 17.2. The highest BCUT2D eigenvalue weighted by molar-refractivity contribution is 5.74. The van der Waals surface area contributed by atoms with E-state index in [2.05, 4.69) is 34.3 Å². The zero-order valence-corrected chi connectivity index (χ0v) is 14.1. The second-order valence-electron chi connectivity index (χ2n) is 5.84. The number of aryl methyl sites for hydroxylation is 1. The second-order valence-corrected chi connectivity index (χ2v) is 5.84. The van der Waals surface area contributed by atoms with Crippen LogP contribution >= 0.6 is 0 Å². The lowest BCUT2D eigenvalue weighted by molar-refractivity contribution is 0.415. The van der Waals surface area contributed by atoms with Gasteiger partial charge >= 0.3 is 0 Å². The van der Waals surface area contributed by atoms with Crippen LogP contribution in [0.1, 0.15) is 5.56 Å². The van der Waals surface area contributed by atoms with Crippen LogP contribution in [0, 0.1) is 6.92 Å². The molecule has 2 aromatic heterocycles. The maximum atomic E-state index is 5.32. The molecule has 5 nitrogen and oxygen atoms in total. The Bertz CT molecular complexity index is 1020. The van der Waals surface area contributed by atoms with Gasteiger partial charge in [0.25, 0.3) is 0 Å². The first kappa shape index (κ1) is 15.2. The average Bonchev–Trinajstić information content (AvgIpc) is 3.14. The maximum absolute atomic E-state index is 5.32. The largest absolute Gasteiger partial charge is 0.497 e. The fourth-order valence-corrected chi connectivity index (χ4v) is 2.78. The van der Waals surface area contributed by atoms with Gasteiger partial charge < -0.3 is 10.1 Å². The molecule has 0 aliphatic heterocycles. The SMILES string of the molecule is COc1cccc(-c2cnc(Nc3ccc(C)cc3)c3nccn23)c1. The molecule has 25 heavy (non-hydrogen) atoms. The monoisotopic (exact) mass is 330 g/mol. The van der Waals surface area contributed by atoms with Gasteiger partial charge in [-0.15, -0.1) is 0 Å². The lowest BCUT2D eigenvalue weighted by Gasteiger charge is -2.11. The highest BCUT2D eigenvalue weighted by Crippen LogP contribution is 2.27. The smallest absolute Gasteiger partial charge is 0.180 e. The lowest BCUT2D eigenvalue weighted by Crippen LogP contribution is -2.00. The first-order valence-corrected chi connectivity index (χ1v) is 8.05.